The molecule has 2 aromatic carbocycles. The van der Waals surface area contributed by atoms with Crippen LogP contribution in [0.3, 0.4) is 0 Å². The summed E-state index contributed by atoms with van der Waals surface area (Å²) in [6.07, 6.45) is 0.600. The number of ether oxygens (including phenoxy) is 4. The first-order chi connectivity index (χ1) is 24.7. The fraction of sp³-hybridized carbons (Fsp3) is 0.385. The average molecular weight is 710 g/mol. The van der Waals surface area contributed by atoms with Crippen molar-refractivity contribution >= 4 is 41.2 Å². The zero-order valence-electron chi connectivity index (χ0n) is 30.6. The molecule has 1 aliphatic heterocycles. The van der Waals surface area contributed by atoms with E-state index in [0.717, 1.165) is 15.7 Å². The van der Waals surface area contributed by atoms with Crippen LogP contribution in [0.15, 0.2) is 64.5 Å². The Hall–Kier alpha value is -5.74. The van der Waals surface area contributed by atoms with Gasteiger partial charge in [0.1, 0.15) is 36.1 Å². The minimum absolute atomic E-state index is 0.00273. The molecule has 0 radical (unpaired) electrons. The van der Waals surface area contributed by atoms with Crippen LogP contribution in [0.4, 0.5) is 5.95 Å². The Kier molecular flexibility index (Phi) is 11.3. The molecule has 0 N–H and O–H groups in total. The molecule has 0 unspecified atom stereocenters. The highest BCUT2D eigenvalue weighted by atomic mass is 16.6. The molecule has 3 atom stereocenters. The first-order valence-electron chi connectivity index (χ1n) is 16.8. The lowest BCUT2D eigenvalue weighted by atomic mass is 9.98. The third kappa shape index (κ3) is 8.58. The lowest BCUT2D eigenvalue weighted by Gasteiger charge is -2.19. The van der Waals surface area contributed by atoms with Gasteiger partial charge < -0.3 is 28.4 Å². The fourth-order valence-electron chi connectivity index (χ4n) is 5.36. The minimum atomic E-state index is -0.890. The Labute approximate surface area is 302 Å². The van der Waals surface area contributed by atoms with Gasteiger partial charge in [0.05, 0.1) is 28.4 Å². The average Bonchev–Trinajstić information content (AvgIpc) is 3.66. The van der Waals surface area contributed by atoms with Crippen LogP contribution >= 0.6 is 0 Å². The summed E-state index contributed by atoms with van der Waals surface area (Å²) in [5.74, 6) is 4.21. The SMILES string of the molecule is CC#Cc1cn([C@H]2C[C@H](OC(=O)c3ccc(C)cc3)[C@@H](COC(=O)c3ccc(C)cc3)O2)c2c(=O)n(COC(=O)C(C)(C)C)c(/N=C/N(C)C)nc12. The summed E-state index contributed by atoms with van der Waals surface area (Å²) < 4.78 is 26.3. The first-order valence-corrected chi connectivity index (χ1v) is 16.8. The van der Waals surface area contributed by atoms with Crippen LogP contribution in [0.2, 0.25) is 0 Å². The molecule has 13 heteroatoms. The molecule has 0 spiro atoms. The minimum Gasteiger partial charge on any atom is -0.459 e. The number of carbonyl (C=O) groups is 3. The van der Waals surface area contributed by atoms with Gasteiger partial charge in [0.25, 0.3) is 5.56 Å². The molecule has 0 bridgehead atoms. The summed E-state index contributed by atoms with van der Waals surface area (Å²) in [6, 6.07) is 13.9. The van der Waals surface area contributed by atoms with E-state index < -0.39 is 54.0 Å². The van der Waals surface area contributed by atoms with Gasteiger partial charge in [-0.25, -0.2) is 24.1 Å². The van der Waals surface area contributed by atoms with Crippen LogP contribution in [0, 0.1) is 31.1 Å². The summed E-state index contributed by atoms with van der Waals surface area (Å²) in [7, 11) is 3.53. The van der Waals surface area contributed by atoms with Crippen molar-refractivity contribution in [2.75, 3.05) is 20.7 Å². The van der Waals surface area contributed by atoms with Crippen molar-refractivity contribution in [3.63, 3.8) is 0 Å². The van der Waals surface area contributed by atoms with Crippen molar-refractivity contribution < 1.29 is 33.3 Å². The van der Waals surface area contributed by atoms with Crippen molar-refractivity contribution in [2.45, 2.75) is 73.1 Å². The Morgan fingerprint density at radius 1 is 1.00 bits per heavy atom. The van der Waals surface area contributed by atoms with Crippen molar-refractivity contribution in [3.05, 3.63) is 92.9 Å². The molecule has 2 aromatic heterocycles. The van der Waals surface area contributed by atoms with E-state index in [-0.39, 0.29) is 30.0 Å². The van der Waals surface area contributed by atoms with E-state index >= 15 is 0 Å². The number of hydrogen-bond acceptors (Lipinski definition) is 10. The quantitative estimate of drug-likeness (QED) is 0.0698. The highest BCUT2D eigenvalue weighted by molar-refractivity contribution is 5.90. The second-order valence-corrected chi connectivity index (χ2v) is 13.8. The first kappa shape index (κ1) is 37.5. The third-order valence-electron chi connectivity index (χ3n) is 8.21. The Bertz CT molecular complexity index is 2110. The van der Waals surface area contributed by atoms with E-state index in [1.54, 1.807) is 106 Å². The smallest absolute Gasteiger partial charge is 0.338 e. The Morgan fingerprint density at radius 3 is 2.19 bits per heavy atom. The largest absolute Gasteiger partial charge is 0.459 e. The maximum Gasteiger partial charge on any atom is 0.338 e. The summed E-state index contributed by atoms with van der Waals surface area (Å²) >= 11 is 0. The van der Waals surface area contributed by atoms with Crippen LogP contribution in [-0.4, -0.2) is 76.2 Å². The van der Waals surface area contributed by atoms with Gasteiger partial charge in [-0.3, -0.25) is 9.59 Å². The second-order valence-electron chi connectivity index (χ2n) is 13.8. The number of hydrogen-bond donors (Lipinski definition) is 0. The Balaban J connectivity index is 1.54. The molecule has 272 valence electrons. The lowest BCUT2D eigenvalue weighted by molar-refractivity contribution is -0.157. The number of benzene rings is 2. The topological polar surface area (TPSA) is 144 Å². The number of carbonyl (C=O) groups excluding carboxylic acids is 3. The number of fused-ring (bicyclic) bond motifs is 1. The van der Waals surface area contributed by atoms with E-state index in [1.165, 1.54) is 6.34 Å². The molecule has 4 aromatic rings. The molecule has 13 nitrogen and oxygen atoms in total. The lowest BCUT2D eigenvalue weighted by Crippen LogP contribution is -2.32. The van der Waals surface area contributed by atoms with Gasteiger partial charge in [-0.1, -0.05) is 41.3 Å². The predicted molar refractivity (Wildman–Crippen MR) is 194 cm³/mol. The van der Waals surface area contributed by atoms with E-state index in [2.05, 4.69) is 16.8 Å². The van der Waals surface area contributed by atoms with E-state index in [1.807, 2.05) is 13.8 Å². The van der Waals surface area contributed by atoms with E-state index in [9.17, 15) is 19.2 Å². The van der Waals surface area contributed by atoms with Gasteiger partial charge >= 0.3 is 17.9 Å². The van der Waals surface area contributed by atoms with Crippen molar-refractivity contribution in [1.29, 1.82) is 0 Å². The number of aryl methyl sites for hydroxylation is 2. The van der Waals surface area contributed by atoms with Crippen LogP contribution in [0.1, 0.15) is 77.8 Å². The van der Waals surface area contributed by atoms with Gasteiger partial charge in [0.2, 0.25) is 5.95 Å². The van der Waals surface area contributed by atoms with Crippen molar-refractivity contribution in [3.8, 4) is 11.8 Å². The van der Waals surface area contributed by atoms with Crippen LogP contribution < -0.4 is 5.56 Å². The molecule has 1 aliphatic rings. The number of rotatable bonds is 10. The fourth-order valence-corrected chi connectivity index (χ4v) is 5.36. The summed E-state index contributed by atoms with van der Waals surface area (Å²) in [5.41, 5.74) is 2.10. The number of nitrogens with zero attached hydrogens (tertiary/aromatic N) is 5. The monoisotopic (exact) mass is 709 g/mol. The third-order valence-corrected chi connectivity index (χ3v) is 8.21. The molecule has 0 amide bonds. The molecule has 0 saturated carbocycles. The molecule has 5 rings (SSSR count). The molecule has 1 fully saturated rings. The number of aliphatic imine (C=N–C) groups is 1. The number of aromatic nitrogens is 3. The van der Waals surface area contributed by atoms with Gasteiger partial charge in [-0.15, -0.1) is 5.92 Å². The molecular formula is C39H43N5O8. The maximum absolute atomic E-state index is 14.4. The highest BCUT2D eigenvalue weighted by Gasteiger charge is 2.41. The molecule has 52 heavy (non-hydrogen) atoms. The van der Waals surface area contributed by atoms with Crippen molar-refractivity contribution in [1.82, 2.24) is 19.0 Å². The molecule has 0 aliphatic carbocycles. The molecule has 1 saturated heterocycles. The van der Waals surface area contributed by atoms with Crippen LogP contribution in [-0.2, 0) is 30.5 Å². The van der Waals surface area contributed by atoms with Crippen LogP contribution in [0.5, 0.6) is 0 Å². The molecule has 3 heterocycles. The summed E-state index contributed by atoms with van der Waals surface area (Å²) in [5, 5.41) is 0. The van der Waals surface area contributed by atoms with Crippen LogP contribution in [0.25, 0.3) is 11.0 Å². The summed E-state index contributed by atoms with van der Waals surface area (Å²) in [4.78, 5) is 64.1. The normalized spacial score (nSPS) is 17.1. The zero-order valence-corrected chi connectivity index (χ0v) is 30.6. The van der Waals surface area contributed by atoms with Gasteiger partial charge in [0, 0.05) is 26.7 Å². The second kappa shape index (κ2) is 15.7. The zero-order chi connectivity index (χ0) is 37.7. The summed E-state index contributed by atoms with van der Waals surface area (Å²) in [6.45, 7) is 9.93. The molecular weight excluding hydrogens is 666 g/mol. The maximum atomic E-state index is 14.4. The van der Waals surface area contributed by atoms with E-state index in [4.69, 9.17) is 23.9 Å². The van der Waals surface area contributed by atoms with Gasteiger partial charge in [-0.05, 0) is 65.8 Å². The van der Waals surface area contributed by atoms with Gasteiger partial charge in [0.15, 0.2) is 6.73 Å². The Morgan fingerprint density at radius 2 is 1.62 bits per heavy atom. The highest BCUT2D eigenvalue weighted by Crippen LogP contribution is 2.35. The predicted octanol–water partition coefficient (Wildman–Crippen LogP) is 5.32. The van der Waals surface area contributed by atoms with Gasteiger partial charge in [-0.2, -0.15) is 0 Å². The standard InChI is InChI=1S/C39H43N5O8/c1-9-10-28-20-43(33-32(28)41-38(40-22-42(7)8)44(34(33)45)23-50-37(48)39(4,5)6)31-19-29(52-36(47)27-17-13-25(3)14-18-27)30(51-31)21-49-35(46)26-15-11-24(2)12-16-26/h11-18,20,22,29-31H,19,21,23H2,1-8H3/b40-22+/t29-,30+,31+/m0/s1. The number of esters is 3. The van der Waals surface area contributed by atoms with E-state index in [0.29, 0.717) is 16.7 Å². The van der Waals surface area contributed by atoms with Crippen molar-refractivity contribution in [2.24, 2.45) is 10.4 Å².